The largest absolute Gasteiger partial charge is 0.416 e. The van der Waals surface area contributed by atoms with Crippen LogP contribution in [0.15, 0.2) is 67.0 Å². The number of nitrogens with zero attached hydrogens (tertiary/aromatic N) is 7. The Kier molecular flexibility index (Phi) is 7.28. The fraction of sp³-hybridized carbons (Fsp3) is 0.267. The van der Waals surface area contributed by atoms with Crippen molar-refractivity contribution >= 4 is 11.6 Å². The fourth-order valence-corrected chi connectivity index (χ4v) is 4.78. The number of fused-ring (bicyclic) bond motifs is 1. The van der Waals surface area contributed by atoms with Crippen molar-refractivity contribution in [1.29, 1.82) is 5.26 Å². The van der Waals surface area contributed by atoms with E-state index in [4.69, 9.17) is 4.98 Å². The van der Waals surface area contributed by atoms with Gasteiger partial charge in [0.05, 0.1) is 62.5 Å². The van der Waals surface area contributed by atoms with Gasteiger partial charge in [-0.2, -0.15) is 28.5 Å². The topological polar surface area (TPSA) is 83.8 Å². The minimum Gasteiger partial charge on any atom is -0.353 e. The molecule has 0 aliphatic rings. The van der Waals surface area contributed by atoms with Gasteiger partial charge in [0.1, 0.15) is 0 Å². The Morgan fingerprint density at radius 3 is 2.49 bits per heavy atom. The number of rotatable bonds is 8. The first kappa shape index (κ1) is 27.9. The first-order chi connectivity index (χ1) is 19.4. The molecule has 0 bridgehead atoms. The van der Waals surface area contributed by atoms with Gasteiger partial charge in [-0.15, -0.1) is 5.10 Å². The lowest BCUT2D eigenvalue weighted by Gasteiger charge is -2.23. The molecule has 0 unspecified atom stereocenters. The van der Waals surface area contributed by atoms with Gasteiger partial charge in [0.2, 0.25) is 5.95 Å². The number of pyridine rings is 1. The van der Waals surface area contributed by atoms with Crippen LogP contribution >= 0.6 is 0 Å². The third-order valence-corrected chi connectivity index (χ3v) is 6.81. The van der Waals surface area contributed by atoms with Gasteiger partial charge in [-0.05, 0) is 60.5 Å². The highest BCUT2D eigenvalue weighted by atomic mass is 19.4. The zero-order chi connectivity index (χ0) is 29.4. The van der Waals surface area contributed by atoms with Crippen molar-refractivity contribution in [3.63, 3.8) is 0 Å². The summed E-state index contributed by atoms with van der Waals surface area (Å²) in [5.74, 6) is 0.400. The van der Waals surface area contributed by atoms with E-state index in [-0.39, 0.29) is 0 Å². The Morgan fingerprint density at radius 1 is 1.05 bits per heavy atom. The molecule has 0 saturated carbocycles. The Balaban J connectivity index is 1.65. The van der Waals surface area contributed by atoms with E-state index < -0.39 is 11.7 Å². The van der Waals surface area contributed by atoms with Crippen molar-refractivity contribution < 1.29 is 17.7 Å². The summed E-state index contributed by atoms with van der Waals surface area (Å²) in [6.07, 6.45) is -0.113. The molecule has 0 fully saturated rings. The smallest absolute Gasteiger partial charge is 0.353 e. The van der Waals surface area contributed by atoms with Crippen LogP contribution in [0.4, 0.5) is 19.1 Å². The predicted octanol–water partition coefficient (Wildman–Crippen LogP) is 5.96. The number of hydrogen-bond acceptors (Lipinski definition) is 5. The number of aromatic nitrogens is 5. The molecule has 2 aromatic carbocycles. The average Bonchev–Trinajstić information content (AvgIpc) is 3.57. The van der Waals surface area contributed by atoms with E-state index in [2.05, 4.69) is 42.7 Å². The number of halogens is 3. The maximum Gasteiger partial charge on any atom is 0.416 e. The SMILES string of the molecule is Cc1c(-c2ccnn2-c2ccc(C#N)cc2)cn2nc(NCCC[N+](C)(C)C)nc2c1-c1cccc(C(F)(F)F)c1. The van der Waals surface area contributed by atoms with Crippen molar-refractivity contribution in [2.24, 2.45) is 0 Å². The molecular formula is C30H30F3N8+. The molecule has 11 heteroatoms. The molecule has 0 saturated heterocycles. The minimum absolute atomic E-state index is 0.387. The summed E-state index contributed by atoms with van der Waals surface area (Å²) in [6, 6.07) is 16.2. The van der Waals surface area contributed by atoms with E-state index in [1.807, 2.05) is 19.2 Å². The lowest BCUT2D eigenvalue weighted by atomic mass is 9.95. The molecule has 41 heavy (non-hydrogen) atoms. The first-order valence-corrected chi connectivity index (χ1v) is 13.1. The van der Waals surface area contributed by atoms with Gasteiger partial charge in [0, 0.05) is 30.3 Å². The monoisotopic (exact) mass is 559 g/mol. The van der Waals surface area contributed by atoms with E-state index >= 15 is 0 Å². The summed E-state index contributed by atoms with van der Waals surface area (Å²) in [5.41, 5.74) is 4.09. The molecule has 210 valence electrons. The van der Waals surface area contributed by atoms with Crippen molar-refractivity contribution in [2.45, 2.75) is 19.5 Å². The Hall–Kier alpha value is -4.69. The van der Waals surface area contributed by atoms with Gasteiger partial charge in [-0.1, -0.05) is 12.1 Å². The quantitative estimate of drug-likeness (QED) is 0.188. The van der Waals surface area contributed by atoms with Crippen molar-refractivity contribution in [2.75, 3.05) is 39.5 Å². The molecule has 3 heterocycles. The zero-order valence-corrected chi connectivity index (χ0v) is 23.2. The van der Waals surface area contributed by atoms with E-state index in [0.717, 1.165) is 52.1 Å². The van der Waals surface area contributed by atoms with Gasteiger partial charge < -0.3 is 9.80 Å². The number of benzene rings is 2. The van der Waals surface area contributed by atoms with Crippen molar-refractivity contribution in [3.8, 4) is 34.1 Å². The van der Waals surface area contributed by atoms with Gasteiger partial charge in [0.15, 0.2) is 5.65 Å². The second-order valence-electron chi connectivity index (χ2n) is 10.9. The molecule has 8 nitrogen and oxygen atoms in total. The molecule has 0 aliphatic heterocycles. The fourth-order valence-electron chi connectivity index (χ4n) is 4.78. The standard InChI is InChI=1S/C30H30F3N8/c1-20-25(26-13-15-36-40(26)24-11-9-21(18-34)10-12-24)19-39-28(37-29(38-39)35-14-6-16-41(2,3)4)27(20)22-7-5-8-23(17-22)30(31,32)33/h5,7-13,15,17,19H,6,14,16H2,1-4H3,(H,35,38)/q+1. The molecule has 0 amide bonds. The highest BCUT2D eigenvalue weighted by Crippen LogP contribution is 2.38. The van der Waals surface area contributed by atoms with Gasteiger partial charge in [0.25, 0.3) is 0 Å². The summed E-state index contributed by atoms with van der Waals surface area (Å²) < 4.78 is 45.2. The van der Waals surface area contributed by atoms with E-state index in [0.29, 0.717) is 34.8 Å². The molecule has 0 radical (unpaired) electrons. The Labute approximate surface area is 235 Å². The molecular weight excluding hydrogens is 529 g/mol. The third kappa shape index (κ3) is 5.93. The van der Waals surface area contributed by atoms with Crippen LogP contribution in [0.5, 0.6) is 0 Å². The lowest BCUT2D eigenvalue weighted by molar-refractivity contribution is -0.870. The van der Waals surface area contributed by atoms with Gasteiger partial charge in [-0.25, -0.2) is 9.20 Å². The summed E-state index contributed by atoms with van der Waals surface area (Å²) in [5, 5.41) is 21.6. The summed E-state index contributed by atoms with van der Waals surface area (Å²) in [7, 11) is 6.37. The molecule has 5 aromatic rings. The van der Waals surface area contributed by atoms with Crippen LogP contribution in [0.3, 0.4) is 0 Å². The Morgan fingerprint density at radius 2 is 1.80 bits per heavy atom. The molecule has 0 atom stereocenters. The number of hydrogen-bond donors (Lipinski definition) is 1. The van der Waals surface area contributed by atoms with Crippen LogP contribution in [0.1, 0.15) is 23.1 Å². The maximum absolute atomic E-state index is 13.7. The highest BCUT2D eigenvalue weighted by Gasteiger charge is 2.31. The first-order valence-electron chi connectivity index (χ1n) is 13.1. The Bertz CT molecular complexity index is 1740. The molecule has 3 aromatic heterocycles. The van der Waals surface area contributed by atoms with E-state index in [1.165, 1.54) is 6.07 Å². The van der Waals surface area contributed by atoms with Crippen molar-refractivity contribution in [1.82, 2.24) is 24.4 Å². The molecule has 0 spiro atoms. The molecule has 5 rings (SSSR count). The minimum atomic E-state index is -4.49. The van der Waals surface area contributed by atoms with Crippen LogP contribution in [0.2, 0.25) is 0 Å². The van der Waals surface area contributed by atoms with Crippen LogP contribution < -0.4 is 5.32 Å². The highest BCUT2D eigenvalue weighted by molar-refractivity contribution is 5.86. The van der Waals surface area contributed by atoms with E-state index in [1.54, 1.807) is 45.7 Å². The number of nitriles is 1. The van der Waals surface area contributed by atoms with Crippen LogP contribution in [-0.2, 0) is 6.18 Å². The van der Waals surface area contributed by atoms with E-state index in [9.17, 15) is 18.4 Å². The second-order valence-corrected chi connectivity index (χ2v) is 10.9. The van der Waals surface area contributed by atoms with Gasteiger partial charge in [-0.3, -0.25) is 0 Å². The van der Waals surface area contributed by atoms with Crippen LogP contribution in [0, 0.1) is 18.3 Å². The van der Waals surface area contributed by atoms with Crippen molar-refractivity contribution in [3.05, 3.63) is 83.7 Å². The summed E-state index contributed by atoms with van der Waals surface area (Å²) >= 11 is 0. The summed E-state index contributed by atoms with van der Waals surface area (Å²) in [6.45, 7) is 3.48. The predicted molar refractivity (Wildman–Crippen MR) is 151 cm³/mol. The summed E-state index contributed by atoms with van der Waals surface area (Å²) in [4.78, 5) is 4.70. The normalized spacial score (nSPS) is 12.0. The molecule has 1 N–H and O–H groups in total. The number of quaternary nitrogens is 1. The van der Waals surface area contributed by atoms with Crippen LogP contribution in [-0.4, -0.2) is 63.1 Å². The number of nitrogens with one attached hydrogen (secondary N) is 1. The average molecular weight is 560 g/mol. The number of alkyl halides is 3. The zero-order valence-electron chi connectivity index (χ0n) is 23.2. The van der Waals surface area contributed by atoms with Gasteiger partial charge >= 0.3 is 6.18 Å². The lowest BCUT2D eigenvalue weighted by Crippen LogP contribution is -2.36. The van der Waals surface area contributed by atoms with Crippen LogP contribution in [0.25, 0.3) is 33.7 Å². The second kappa shape index (κ2) is 10.7. The third-order valence-electron chi connectivity index (χ3n) is 6.81. The molecule has 0 aliphatic carbocycles. The maximum atomic E-state index is 13.7. The number of anilines is 1.